The Kier molecular flexibility index (Phi) is 4.79. The molecule has 0 radical (unpaired) electrons. The van der Waals surface area contributed by atoms with E-state index in [0.29, 0.717) is 6.04 Å². The highest BCUT2D eigenvalue weighted by Gasteiger charge is 2.22. The summed E-state index contributed by atoms with van der Waals surface area (Å²) in [5, 5.41) is 3.62. The first-order valence-corrected chi connectivity index (χ1v) is 7.40. The van der Waals surface area contributed by atoms with Crippen LogP contribution in [0.1, 0.15) is 26.2 Å². The van der Waals surface area contributed by atoms with Crippen LogP contribution in [0.2, 0.25) is 0 Å². The lowest BCUT2D eigenvalue weighted by molar-refractivity contribution is 0.178. The molecule has 0 aromatic heterocycles. The van der Waals surface area contributed by atoms with Gasteiger partial charge in [-0.1, -0.05) is 0 Å². The highest BCUT2D eigenvalue weighted by molar-refractivity contribution is 7.99. The lowest BCUT2D eigenvalue weighted by Gasteiger charge is -2.18. The second-order valence-corrected chi connectivity index (χ2v) is 6.03. The van der Waals surface area contributed by atoms with Crippen LogP contribution in [0.25, 0.3) is 0 Å². The minimum atomic E-state index is 0.633. The topological polar surface area (TPSA) is 21.3 Å². The molecule has 0 amide bonds. The Morgan fingerprint density at radius 3 is 2.93 bits per heavy atom. The van der Waals surface area contributed by atoms with Gasteiger partial charge < -0.3 is 10.1 Å². The molecule has 2 rings (SSSR count). The maximum absolute atomic E-state index is 5.40. The summed E-state index contributed by atoms with van der Waals surface area (Å²) < 4.78 is 5.40. The van der Waals surface area contributed by atoms with Crippen molar-refractivity contribution in [3.8, 4) is 0 Å². The Hall–Kier alpha value is 0.270. The summed E-state index contributed by atoms with van der Waals surface area (Å²) in [5.41, 5.74) is 0. The van der Waals surface area contributed by atoms with Gasteiger partial charge in [0.05, 0.1) is 6.61 Å². The first-order valence-electron chi connectivity index (χ1n) is 6.25. The molecule has 0 bridgehead atoms. The molecule has 1 aliphatic heterocycles. The van der Waals surface area contributed by atoms with Crippen molar-refractivity contribution in [2.45, 2.75) is 32.2 Å². The third kappa shape index (κ3) is 4.33. The molecule has 0 aromatic rings. The van der Waals surface area contributed by atoms with Gasteiger partial charge in [-0.05, 0) is 43.8 Å². The number of nitrogens with one attached hydrogen (secondary N) is 1. The summed E-state index contributed by atoms with van der Waals surface area (Å²) in [6.07, 6.45) is 4.20. The predicted molar refractivity (Wildman–Crippen MR) is 66.4 cm³/mol. The highest BCUT2D eigenvalue weighted by Crippen LogP contribution is 2.32. The number of thioether (sulfide) groups is 1. The van der Waals surface area contributed by atoms with E-state index in [1.165, 1.54) is 30.8 Å². The maximum atomic E-state index is 5.40. The van der Waals surface area contributed by atoms with Crippen molar-refractivity contribution < 1.29 is 4.74 Å². The molecule has 2 unspecified atom stereocenters. The highest BCUT2D eigenvalue weighted by atomic mass is 32.2. The van der Waals surface area contributed by atoms with Gasteiger partial charge in [0.2, 0.25) is 0 Å². The van der Waals surface area contributed by atoms with Gasteiger partial charge in [0.25, 0.3) is 0 Å². The van der Waals surface area contributed by atoms with Crippen LogP contribution in [-0.4, -0.2) is 37.3 Å². The summed E-state index contributed by atoms with van der Waals surface area (Å²) in [5.74, 6) is 4.48. The van der Waals surface area contributed by atoms with Gasteiger partial charge in [0.15, 0.2) is 0 Å². The van der Waals surface area contributed by atoms with Crippen molar-refractivity contribution >= 4 is 11.8 Å². The molecule has 15 heavy (non-hydrogen) atoms. The monoisotopic (exact) mass is 229 g/mol. The van der Waals surface area contributed by atoms with E-state index in [2.05, 4.69) is 24.0 Å². The second-order valence-electron chi connectivity index (χ2n) is 4.88. The number of hydrogen-bond donors (Lipinski definition) is 1. The minimum Gasteiger partial charge on any atom is -0.381 e. The molecule has 2 nitrogen and oxygen atoms in total. The van der Waals surface area contributed by atoms with Crippen LogP contribution in [0, 0.1) is 11.8 Å². The van der Waals surface area contributed by atoms with E-state index in [9.17, 15) is 0 Å². The fourth-order valence-electron chi connectivity index (χ4n) is 2.01. The molecular weight excluding hydrogens is 206 g/mol. The first kappa shape index (κ1) is 11.7. The lowest BCUT2D eigenvalue weighted by Crippen LogP contribution is -2.35. The fraction of sp³-hybridized carbons (Fsp3) is 1.00. The van der Waals surface area contributed by atoms with Gasteiger partial charge in [0, 0.05) is 24.9 Å². The molecule has 0 aromatic carbocycles. The molecule has 3 heteroatoms. The molecule has 1 N–H and O–H groups in total. The van der Waals surface area contributed by atoms with Crippen LogP contribution in [0.5, 0.6) is 0 Å². The van der Waals surface area contributed by atoms with Crippen LogP contribution < -0.4 is 5.32 Å². The molecule has 1 saturated heterocycles. The Labute approximate surface area is 97.5 Å². The third-order valence-electron chi connectivity index (χ3n) is 3.44. The average molecular weight is 229 g/mol. The summed E-state index contributed by atoms with van der Waals surface area (Å²) in [6.45, 7) is 5.39. The molecule has 88 valence electrons. The van der Waals surface area contributed by atoms with Gasteiger partial charge in [-0.15, -0.1) is 0 Å². The molecule has 1 heterocycles. The summed E-state index contributed by atoms with van der Waals surface area (Å²) in [6, 6.07) is 0.633. The largest absolute Gasteiger partial charge is 0.381 e. The van der Waals surface area contributed by atoms with E-state index in [1.807, 2.05) is 0 Å². The standard InChI is InChI=1S/C12H23NOS/c1-10(12-4-6-14-8-12)13-5-7-15-9-11-2-3-11/h10-13H,2-9H2,1H3. The zero-order valence-electron chi connectivity index (χ0n) is 9.71. The predicted octanol–water partition coefficient (Wildman–Crippen LogP) is 2.14. The van der Waals surface area contributed by atoms with E-state index in [-0.39, 0.29) is 0 Å². The molecule has 2 aliphatic rings. The van der Waals surface area contributed by atoms with Crippen molar-refractivity contribution in [3.63, 3.8) is 0 Å². The summed E-state index contributed by atoms with van der Waals surface area (Å²) in [4.78, 5) is 0. The van der Waals surface area contributed by atoms with Crippen LogP contribution in [0.15, 0.2) is 0 Å². The van der Waals surface area contributed by atoms with E-state index in [4.69, 9.17) is 4.74 Å². The van der Waals surface area contributed by atoms with Crippen LogP contribution >= 0.6 is 11.8 Å². The normalized spacial score (nSPS) is 28.2. The van der Waals surface area contributed by atoms with Gasteiger partial charge in [-0.25, -0.2) is 0 Å². The minimum absolute atomic E-state index is 0.633. The SMILES string of the molecule is CC(NCCSCC1CC1)C1CCOC1. The zero-order chi connectivity index (χ0) is 10.5. The van der Waals surface area contributed by atoms with Crippen LogP contribution in [-0.2, 0) is 4.74 Å². The molecule has 1 aliphatic carbocycles. The Morgan fingerprint density at radius 2 is 2.27 bits per heavy atom. The Bertz CT molecular complexity index is 178. The van der Waals surface area contributed by atoms with Gasteiger partial charge in [0.1, 0.15) is 0 Å². The Balaban J connectivity index is 1.45. The summed E-state index contributed by atoms with van der Waals surface area (Å²) >= 11 is 2.11. The van der Waals surface area contributed by atoms with Crippen molar-refractivity contribution in [3.05, 3.63) is 0 Å². The third-order valence-corrected chi connectivity index (χ3v) is 4.64. The van der Waals surface area contributed by atoms with Crippen molar-refractivity contribution in [1.82, 2.24) is 5.32 Å². The smallest absolute Gasteiger partial charge is 0.0509 e. The van der Waals surface area contributed by atoms with E-state index in [1.54, 1.807) is 0 Å². The van der Waals surface area contributed by atoms with Crippen LogP contribution in [0.4, 0.5) is 0 Å². The molecule has 2 fully saturated rings. The molecular formula is C12H23NOS. The zero-order valence-corrected chi connectivity index (χ0v) is 10.5. The van der Waals surface area contributed by atoms with E-state index < -0.39 is 0 Å². The van der Waals surface area contributed by atoms with E-state index >= 15 is 0 Å². The van der Waals surface area contributed by atoms with Gasteiger partial charge >= 0.3 is 0 Å². The summed E-state index contributed by atoms with van der Waals surface area (Å²) in [7, 11) is 0. The number of hydrogen-bond acceptors (Lipinski definition) is 3. The maximum Gasteiger partial charge on any atom is 0.0509 e. The van der Waals surface area contributed by atoms with Crippen molar-refractivity contribution in [1.29, 1.82) is 0 Å². The lowest BCUT2D eigenvalue weighted by atomic mass is 10.0. The molecule has 0 spiro atoms. The van der Waals surface area contributed by atoms with Gasteiger partial charge in [-0.2, -0.15) is 11.8 Å². The number of rotatable bonds is 7. The molecule has 2 atom stereocenters. The fourth-order valence-corrected chi connectivity index (χ4v) is 3.10. The van der Waals surface area contributed by atoms with Gasteiger partial charge in [-0.3, -0.25) is 0 Å². The average Bonchev–Trinajstić information content (AvgIpc) is 2.90. The van der Waals surface area contributed by atoms with Crippen LogP contribution in [0.3, 0.4) is 0 Å². The van der Waals surface area contributed by atoms with E-state index in [0.717, 1.165) is 31.6 Å². The van der Waals surface area contributed by atoms with Crippen molar-refractivity contribution in [2.75, 3.05) is 31.3 Å². The Morgan fingerprint density at radius 1 is 1.40 bits per heavy atom. The first-order chi connectivity index (χ1) is 7.36. The number of ether oxygens (including phenoxy) is 1. The second kappa shape index (κ2) is 6.12. The quantitative estimate of drug-likeness (QED) is 0.676. The van der Waals surface area contributed by atoms with Crippen molar-refractivity contribution in [2.24, 2.45) is 11.8 Å². The molecule has 1 saturated carbocycles.